The number of nitrogens with zero attached hydrogens (tertiary/aromatic N) is 1. The molecule has 1 aliphatic heterocycles. The molecular formula is C18H22N3-. The molecule has 0 aliphatic carbocycles. The Bertz CT molecular complexity index is 679. The van der Waals surface area contributed by atoms with Crippen LogP contribution >= 0.6 is 0 Å². The van der Waals surface area contributed by atoms with E-state index in [1.54, 1.807) is 0 Å². The molecule has 3 nitrogen and oxygen atoms in total. The summed E-state index contributed by atoms with van der Waals surface area (Å²) in [7, 11) is 0. The van der Waals surface area contributed by atoms with Crippen molar-refractivity contribution in [3.05, 3.63) is 59.1 Å². The third-order valence-electron chi connectivity index (χ3n) is 4.18. The highest BCUT2D eigenvalue weighted by atomic mass is 14.9. The molecule has 1 atom stereocenters. The van der Waals surface area contributed by atoms with Crippen molar-refractivity contribution in [3.8, 4) is 0 Å². The summed E-state index contributed by atoms with van der Waals surface area (Å²) in [6.07, 6.45) is 8.35. The van der Waals surface area contributed by atoms with Gasteiger partial charge < -0.3 is 16.0 Å². The second-order valence-corrected chi connectivity index (χ2v) is 5.46. The molecule has 3 heteroatoms. The maximum Gasteiger partial charge on any atom is 0.0461 e. The van der Waals surface area contributed by atoms with Gasteiger partial charge in [0.15, 0.2) is 0 Å². The molecular weight excluding hydrogens is 258 g/mol. The molecule has 0 spiro atoms. The molecule has 21 heavy (non-hydrogen) atoms. The molecule has 1 aromatic heterocycles. The van der Waals surface area contributed by atoms with Crippen LogP contribution in [0.25, 0.3) is 21.9 Å². The van der Waals surface area contributed by atoms with E-state index in [1.807, 2.05) is 0 Å². The van der Waals surface area contributed by atoms with Crippen molar-refractivity contribution in [1.29, 1.82) is 0 Å². The molecule has 110 valence electrons. The van der Waals surface area contributed by atoms with Gasteiger partial charge in [0, 0.05) is 16.6 Å². The highest BCUT2D eigenvalue weighted by Crippen LogP contribution is 2.38. The maximum absolute atomic E-state index is 5.82. The number of H-pyrrole nitrogens is 1. The molecule has 0 amide bonds. The van der Waals surface area contributed by atoms with Crippen LogP contribution in [0.4, 0.5) is 0 Å². The molecule has 1 unspecified atom stereocenters. The topological polar surface area (TPSA) is 55.9 Å². The van der Waals surface area contributed by atoms with Crippen LogP contribution in [-0.4, -0.2) is 18.1 Å². The van der Waals surface area contributed by atoms with E-state index in [4.69, 9.17) is 5.73 Å². The Balaban J connectivity index is 2.18. The summed E-state index contributed by atoms with van der Waals surface area (Å²) in [5.74, 6) is 0.475. The standard InChI is InChI=1S/C18H22N3/c1-2-13(10-11-19)17-14-7-3-4-8-15(14)21-18(17)16-9-5-6-12-20-16/h3-9,13,21H,2,10-12,19H2,1H3/q-1. The van der Waals surface area contributed by atoms with E-state index in [9.17, 15) is 0 Å². The van der Waals surface area contributed by atoms with Gasteiger partial charge in [-0.2, -0.15) is 0 Å². The fourth-order valence-electron chi connectivity index (χ4n) is 3.13. The second kappa shape index (κ2) is 6.19. The first-order valence-electron chi connectivity index (χ1n) is 7.70. The summed E-state index contributed by atoms with van der Waals surface area (Å²) >= 11 is 0. The minimum Gasteiger partial charge on any atom is -0.679 e. The highest BCUT2D eigenvalue weighted by Gasteiger charge is 2.18. The Morgan fingerprint density at radius 1 is 1.33 bits per heavy atom. The van der Waals surface area contributed by atoms with Crippen LogP contribution in [0.5, 0.6) is 0 Å². The number of benzene rings is 1. The Labute approximate surface area is 125 Å². The number of rotatable bonds is 5. The van der Waals surface area contributed by atoms with E-state index in [0.29, 0.717) is 12.5 Å². The molecule has 0 bridgehead atoms. The van der Waals surface area contributed by atoms with Crippen molar-refractivity contribution in [3.63, 3.8) is 0 Å². The first kappa shape index (κ1) is 14.0. The van der Waals surface area contributed by atoms with Crippen molar-refractivity contribution in [2.45, 2.75) is 25.7 Å². The lowest BCUT2D eigenvalue weighted by molar-refractivity contribution is 0.617. The van der Waals surface area contributed by atoms with Gasteiger partial charge in [-0.3, -0.25) is 0 Å². The highest BCUT2D eigenvalue weighted by molar-refractivity contribution is 5.92. The second-order valence-electron chi connectivity index (χ2n) is 5.46. The SMILES string of the molecule is CCC(CCN)c1c(C2=CC=CC[N-]2)[nH]c2ccccc12. The fourth-order valence-corrected chi connectivity index (χ4v) is 3.13. The number of fused-ring (bicyclic) bond motifs is 1. The zero-order chi connectivity index (χ0) is 14.7. The third kappa shape index (κ3) is 2.61. The minimum absolute atomic E-state index is 0.475. The number of aromatic amines is 1. The van der Waals surface area contributed by atoms with Crippen molar-refractivity contribution < 1.29 is 0 Å². The van der Waals surface area contributed by atoms with Gasteiger partial charge in [-0.15, -0.1) is 18.3 Å². The molecule has 0 saturated heterocycles. The first-order valence-corrected chi connectivity index (χ1v) is 7.70. The smallest absolute Gasteiger partial charge is 0.0461 e. The van der Waals surface area contributed by atoms with Gasteiger partial charge in [-0.05, 0) is 36.9 Å². The lowest BCUT2D eigenvalue weighted by atomic mass is 9.89. The zero-order valence-corrected chi connectivity index (χ0v) is 12.5. The van der Waals surface area contributed by atoms with Crippen LogP contribution in [0.1, 0.15) is 36.9 Å². The molecule has 3 N–H and O–H groups in total. The van der Waals surface area contributed by atoms with E-state index in [0.717, 1.165) is 25.1 Å². The number of hydrogen-bond acceptors (Lipinski definition) is 1. The Morgan fingerprint density at radius 2 is 2.19 bits per heavy atom. The van der Waals surface area contributed by atoms with E-state index >= 15 is 0 Å². The predicted octanol–water partition coefficient (Wildman–Crippen LogP) is 4.29. The zero-order valence-electron chi connectivity index (χ0n) is 12.5. The predicted molar refractivity (Wildman–Crippen MR) is 90.3 cm³/mol. The number of hydrogen-bond donors (Lipinski definition) is 2. The van der Waals surface area contributed by atoms with Gasteiger partial charge in [0.05, 0.1) is 0 Å². The molecule has 0 saturated carbocycles. The van der Waals surface area contributed by atoms with Crippen LogP contribution in [0, 0.1) is 0 Å². The summed E-state index contributed by atoms with van der Waals surface area (Å²) < 4.78 is 0. The Hall–Kier alpha value is -2.00. The summed E-state index contributed by atoms with van der Waals surface area (Å²) in [6.45, 7) is 3.71. The number of nitrogens with one attached hydrogen (secondary N) is 1. The van der Waals surface area contributed by atoms with Gasteiger partial charge in [0.1, 0.15) is 0 Å². The van der Waals surface area contributed by atoms with E-state index in [1.165, 1.54) is 22.2 Å². The summed E-state index contributed by atoms with van der Waals surface area (Å²) in [5.41, 5.74) is 10.6. The molecule has 2 aromatic rings. The minimum atomic E-state index is 0.475. The number of allylic oxidation sites excluding steroid dienone is 2. The number of para-hydroxylation sites is 1. The molecule has 1 aliphatic rings. The van der Waals surface area contributed by atoms with Crippen molar-refractivity contribution >= 4 is 16.6 Å². The summed E-state index contributed by atoms with van der Waals surface area (Å²) in [6, 6.07) is 8.51. The van der Waals surface area contributed by atoms with E-state index in [-0.39, 0.29) is 0 Å². The van der Waals surface area contributed by atoms with E-state index < -0.39 is 0 Å². The molecule has 1 aromatic carbocycles. The molecule has 3 rings (SSSR count). The van der Waals surface area contributed by atoms with Crippen molar-refractivity contribution in [1.82, 2.24) is 4.98 Å². The number of aromatic nitrogens is 1. The van der Waals surface area contributed by atoms with Crippen LogP contribution in [0.15, 0.2) is 42.5 Å². The van der Waals surface area contributed by atoms with Crippen LogP contribution in [0.3, 0.4) is 0 Å². The average Bonchev–Trinajstić information content (AvgIpc) is 2.93. The first-order chi connectivity index (χ1) is 10.3. The quantitative estimate of drug-likeness (QED) is 0.843. The number of nitrogens with two attached hydrogens (primary N) is 1. The van der Waals surface area contributed by atoms with Gasteiger partial charge in [-0.1, -0.05) is 37.3 Å². The van der Waals surface area contributed by atoms with Crippen LogP contribution < -0.4 is 5.73 Å². The normalized spacial score (nSPS) is 15.8. The lowest BCUT2D eigenvalue weighted by Crippen LogP contribution is -2.08. The summed E-state index contributed by atoms with van der Waals surface area (Å²) in [4.78, 5) is 3.57. The lowest BCUT2D eigenvalue weighted by Gasteiger charge is -2.28. The van der Waals surface area contributed by atoms with Crippen molar-refractivity contribution in [2.24, 2.45) is 5.73 Å². The average molecular weight is 280 g/mol. The van der Waals surface area contributed by atoms with Gasteiger partial charge in [0.25, 0.3) is 0 Å². The largest absolute Gasteiger partial charge is 0.679 e. The third-order valence-corrected chi connectivity index (χ3v) is 4.18. The van der Waals surface area contributed by atoms with E-state index in [2.05, 4.69) is 59.7 Å². The van der Waals surface area contributed by atoms with Gasteiger partial charge in [-0.25, -0.2) is 0 Å². The van der Waals surface area contributed by atoms with Crippen molar-refractivity contribution in [2.75, 3.05) is 13.1 Å². The molecule has 0 fully saturated rings. The maximum atomic E-state index is 5.82. The molecule has 0 radical (unpaired) electrons. The van der Waals surface area contributed by atoms with Crippen LogP contribution in [-0.2, 0) is 0 Å². The monoisotopic (exact) mass is 280 g/mol. The fraction of sp³-hybridized carbons (Fsp3) is 0.333. The Kier molecular flexibility index (Phi) is 4.11. The summed E-state index contributed by atoms with van der Waals surface area (Å²) in [5, 5.41) is 5.95. The van der Waals surface area contributed by atoms with Gasteiger partial charge in [0.2, 0.25) is 0 Å². The van der Waals surface area contributed by atoms with Gasteiger partial charge >= 0.3 is 0 Å². The molecule has 2 heterocycles. The van der Waals surface area contributed by atoms with Crippen LogP contribution in [0.2, 0.25) is 0 Å². The Morgan fingerprint density at radius 3 is 2.90 bits per heavy atom.